The second-order valence-electron chi connectivity index (χ2n) is 5.74. The molecule has 0 atom stereocenters. The summed E-state index contributed by atoms with van der Waals surface area (Å²) in [4.78, 5) is 17.5. The van der Waals surface area contributed by atoms with Crippen molar-refractivity contribution in [2.45, 2.75) is 47.6 Å². The standard InChI is InChI=1S/C16H22N2O2S/c1-9(2)6-14-18-11(4)15(21-14)16(19)17-8-13-7-10(3)20-12(13)5/h7,9H,6,8H2,1-5H3,(H,17,19). The number of amides is 1. The summed E-state index contributed by atoms with van der Waals surface area (Å²) < 4.78 is 5.46. The smallest absolute Gasteiger partial charge is 0.263 e. The molecule has 0 spiro atoms. The lowest BCUT2D eigenvalue weighted by Crippen LogP contribution is -2.22. The molecular formula is C16H22N2O2S. The molecule has 0 radical (unpaired) electrons. The van der Waals surface area contributed by atoms with Gasteiger partial charge in [0.15, 0.2) is 0 Å². The summed E-state index contributed by atoms with van der Waals surface area (Å²) in [6.45, 7) is 10.5. The highest BCUT2D eigenvalue weighted by Gasteiger charge is 2.16. The third-order valence-electron chi connectivity index (χ3n) is 3.21. The lowest BCUT2D eigenvalue weighted by Gasteiger charge is -2.02. The van der Waals surface area contributed by atoms with Gasteiger partial charge in [0.2, 0.25) is 0 Å². The molecule has 2 heterocycles. The van der Waals surface area contributed by atoms with Gasteiger partial charge in [-0.25, -0.2) is 4.98 Å². The summed E-state index contributed by atoms with van der Waals surface area (Å²) in [7, 11) is 0. The van der Waals surface area contributed by atoms with E-state index in [4.69, 9.17) is 4.42 Å². The molecule has 21 heavy (non-hydrogen) atoms. The van der Waals surface area contributed by atoms with Gasteiger partial charge in [0.05, 0.1) is 10.7 Å². The molecule has 1 amide bonds. The summed E-state index contributed by atoms with van der Waals surface area (Å²) in [5.41, 5.74) is 1.83. The van der Waals surface area contributed by atoms with E-state index in [1.165, 1.54) is 11.3 Å². The third-order valence-corrected chi connectivity index (χ3v) is 4.39. The number of furan rings is 1. The Balaban J connectivity index is 2.03. The van der Waals surface area contributed by atoms with Gasteiger partial charge in [0, 0.05) is 18.5 Å². The Morgan fingerprint density at radius 2 is 2.10 bits per heavy atom. The van der Waals surface area contributed by atoms with E-state index in [1.54, 1.807) is 0 Å². The number of aromatic nitrogens is 1. The fraction of sp³-hybridized carbons (Fsp3) is 0.500. The molecule has 2 aromatic rings. The number of nitrogens with zero attached hydrogens (tertiary/aromatic N) is 1. The van der Waals surface area contributed by atoms with Crippen LogP contribution in [0, 0.1) is 26.7 Å². The molecule has 0 saturated heterocycles. The lowest BCUT2D eigenvalue weighted by atomic mass is 10.1. The summed E-state index contributed by atoms with van der Waals surface area (Å²) in [6.07, 6.45) is 0.915. The van der Waals surface area contributed by atoms with E-state index in [2.05, 4.69) is 24.1 Å². The predicted octanol–water partition coefficient (Wildman–Crippen LogP) is 3.79. The number of carbonyl (C=O) groups is 1. The van der Waals surface area contributed by atoms with Crippen molar-refractivity contribution in [3.63, 3.8) is 0 Å². The highest BCUT2D eigenvalue weighted by molar-refractivity contribution is 7.13. The van der Waals surface area contributed by atoms with Gasteiger partial charge in [-0.2, -0.15) is 0 Å². The molecule has 0 fully saturated rings. The SMILES string of the molecule is Cc1cc(CNC(=O)c2sc(CC(C)C)nc2C)c(C)o1. The van der Waals surface area contributed by atoms with Crippen molar-refractivity contribution in [2.24, 2.45) is 5.92 Å². The Bertz CT molecular complexity index is 641. The lowest BCUT2D eigenvalue weighted by molar-refractivity contribution is 0.0954. The van der Waals surface area contributed by atoms with Gasteiger partial charge in [0.25, 0.3) is 5.91 Å². The molecule has 114 valence electrons. The number of nitrogens with one attached hydrogen (secondary N) is 1. The molecule has 0 saturated carbocycles. The molecule has 2 rings (SSSR count). The van der Waals surface area contributed by atoms with Gasteiger partial charge in [-0.15, -0.1) is 11.3 Å². The molecule has 1 N–H and O–H groups in total. The Morgan fingerprint density at radius 1 is 1.38 bits per heavy atom. The van der Waals surface area contributed by atoms with E-state index >= 15 is 0 Å². The number of carbonyl (C=O) groups excluding carboxylic acids is 1. The highest BCUT2D eigenvalue weighted by atomic mass is 32.1. The fourth-order valence-electron chi connectivity index (χ4n) is 2.21. The van der Waals surface area contributed by atoms with Crippen molar-refractivity contribution in [1.82, 2.24) is 10.3 Å². The molecule has 0 aliphatic rings. The van der Waals surface area contributed by atoms with E-state index < -0.39 is 0 Å². The Morgan fingerprint density at radius 3 is 2.67 bits per heavy atom. The second-order valence-corrected chi connectivity index (χ2v) is 6.82. The molecule has 0 unspecified atom stereocenters. The van der Waals surface area contributed by atoms with Crippen LogP contribution in [0.25, 0.3) is 0 Å². The topological polar surface area (TPSA) is 55.1 Å². The van der Waals surface area contributed by atoms with Crippen LogP contribution in [-0.2, 0) is 13.0 Å². The summed E-state index contributed by atoms with van der Waals surface area (Å²) in [5, 5.41) is 3.98. The minimum absolute atomic E-state index is 0.0572. The fourth-order valence-corrected chi connectivity index (χ4v) is 3.41. The molecule has 4 nitrogen and oxygen atoms in total. The van der Waals surface area contributed by atoms with E-state index in [0.29, 0.717) is 17.3 Å². The predicted molar refractivity (Wildman–Crippen MR) is 84.7 cm³/mol. The maximum Gasteiger partial charge on any atom is 0.263 e. The molecule has 5 heteroatoms. The number of hydrogen-bond donors (Lipinski definition) is 1. The number of hydrogen-bond acceptors (Lipinski definition) is 4. The minimum Gasteiger partial charge on any atom is -0.466 e. The van der Waals surface area contributed by atoms with Gasteiger partial charge < -0.3 is 9.73 Å². The van der Waals surface area contributed by atoms with Gasteiger partial charge in [-0.05, 0) is 32.8 Å². The van der Waals surface area contributed by atoms with Crippen LogP contribution in [0.2, 0.25) is 0 Å². The van der Waals surface area contributed by atoms with Crippen molar-refractivity contribution in [2.75, 3.05) is 0 Å². The van der Waals surface area contributed by atoms with Crippen LogP contribution in [-0.4, -0.2) is 10.9 Å². The minimum atomic E-state index is -0.0572. The normalized spacial score (nSPS) is 11.1. The number of rotatable bonds is 5. The largest absolute Gasteiger partial charge is 0.466 e. The summed E-state index contributed by atoms with van der Waals surface area (Å²) in [6, 6.07) is 1.96. The van der Waals surface area contributed by atoms with Crippen LogP contribution < -0.4 is 5.32 Å². The monoisotopic (exact) mass is 306 g/mol. The van der Waals surface area contributed by atoms with Crippen molar-refractivity contribution in [3.05, 3.63) is 38.7 Å². The van der Waals surface area contributed by atoms with Crippen LogP contribution in [0.1, 0.15) is 51.3 Å². The van der Waals surface area contributed by atoms with Crippen LogP contribution in [0.5, 0.6) is 0 Å². The molecule has 0 bridgehead atoms. The van der Waals surface area contributed by atoms with Crippen LogP contribution in [0.3, 0.4) is 0 Å². The van der Waals surface area contributed by atoms with E-state index in [-0.39, 0.29) is 5.91 Å². The maximum absolute atomic E-state index is 12.3. The quantitative estimate of drug-likeness (QED) is 0.914. The first-order valence-electron chi connectivity index (χ1n) is 7.17. The Hall–Kier alpha value is -1.62. The van der Waals surface area contributed by atoms with Crippen molar-refractivity contribution >= 4 is 17.2 Å². The first-order valence-corrected chi connectivity index (χ1v) is 7.99. The van der Waals surface area contributed by atoms with Crippen LogP contribution in [0.15, 0.2) is 10.5 Å². The number of aryl methyl sites for hydroxylation is 3. The zero-order valence-corrected chi connectivity index (χ0v) is 14.1. The zero-order valence-electron chi connectivity index (χ0n) is 13.2. The molecule has 0 aliphatic heterocycles. The Labute approximate surface area is 129 Å². The van der Waals surface area contributed by atoms with E-state index in [9.17, 15) is 4.79 Å². The number of thiazole rings is 1. The van der Waals surface area contributed by atoms with Crippen molar-refractivity contribution < 1.29 is 9.21 Å². The molecule has 2 aromatic heterocycles. The summed E-state index contributed by atoms with van der Waals surface area (Å²) in [5.74, 6) is 2.21. The van der Waals surface area contributed by atoms with Crippen molar-refractivity contribution in [1.29, 1.82) is 0 Å². The Kier molecular flexibility index (Phi) is 4.83. The average Bonchev–Trinajstić information content (AvgIpc) is 2.88. The summed E-state index contributed by atoms with van der Waals surface area (Å²) >= 11 is 1.49. The molecular weight excluding hydrogens is 284 g/mol. The highest BCUT2D eigenvalue weighted by Crippen LogP contribution is 2.21. The maximum atomic E-state index is 12.3. The first kappa shape index (κ1) is 15.8. The van der Waals surface area contributed by atoms with Gasteiger partial charge in [0.1, 0.15) is 16.4 Å². The third kappa shape index (κ3) is 3.94. The zero-order chi connectivity index (χ0) is 15.6. The van der Waals surface area contributed by atoms with Gasteiger partial charge in [-0.1, -0.05) is 13.8 Å². The van der Waals surface area contributed by atoms with E-state index in [0.717, 1.165) is 34.2 Å². The van der Waals surface area contributed by atoms with Gasteiger partial charge >= 0.3 is 0 Å². The molecule has 0 aliphatic carbocycles. The van der Waals surface area contributed by atoms with Crippen LogP contribution in [0.4, 0.5) is 0 Å². The van der Waals surface area contributed by atoms with Crippen molar-refractivity contribution in [3.8, 4) is 0 Å². The molecule has 0 aromatic carbocycles. The van der Waals surface area contributed by atoms with E-state index in [1.807, 2.05) is 26.8 Å². The average molecular weight is 306 g/mol. The second kappa shape index (κ2) is 6.43. The van der Waals surface area contributed by atoms with Gasteiger partial charge in [-0.3, -0.25) is 4.79 Å². The van der Waals surface area contributed by atoms with Crippen LogP contribution >= 0.6 is 11.3 Å². The first-order chi connectivity index (χ1) is 9.86.